The number of nitrogens with zero attached hydrogens (tertiary/aromatic N) is 12. The van der Waals surface area contributed by atoms with Crippen LogP contribution in [0, 0.1) is 23.7 Å². The van der Waals surface area contributed by atoms with Crippen molar-refractivity contribution < 1.29 is 19.1 Å². The second kappa shape index (κ2) is 18.8. The van der Waals surface area contributed by atoms with Gasteiger partial charge in [-0.15, -0.1) is 0 Å². The van der Waals surface area contributed by atoms with Crippen LogP contribution in [0.3, 0.4) is 0 Å². The van der Waals surface area contributed by atoms with Crippen LogP contribution in [0.25, 0.3) is 44.6 Å². The first kappa shape index (κ1) is 42.4. The number of carbonyl (C=O) groups excluding carboxylic acids is 2. The number of para-hydroxylation sites is 2. The number of hydrogen-bond donors (Lipinski definition) is 2. The fourth-order valence-corrected chi connectivity index (χ4v) is 7.91. The van der Waals surface area contributed by atoms with E-state index in [-0.39, 0.29) is 23.9 Å². The smallest absolute Gasteiger partial charge is 0.298 e. The maximum absolute atomic E-state index is 12.2. The Labute approximate surface area is 378 Å². The Hall–Kier alpha value is -8.90. The molecule has 2 amide bonds. The maximum Gasteiger partial charge on any atom is 0.298 e. The summed E-state index contributed by atoms with van der Waals surface area (Å²) in [7, 11) is 0. The quantitative estimate of drug-likeness (QED) is 0.164. The second-order valence-corrected chi connectivity index (χ2v) is 15.2. The fourth-order valence-electron chi connectivity index (χ4n) is 7.91. The molecule has 328 valence electrons. The summed E-state index contributed by atoms with van der Waals surface area (Å²) in [6.45, 7) is 5.56. The number of nitrogens with two attached hydrogens (primary N) is 2. The highest BCUT2D eigenvalue weighted by molar-refractivity contribution is 5.99. The summed E-state index contributed by atoms with van der Waals surface area (Å²) in [5.41, 5.74) is 16.5. The zero-order valence-corrected chi connectivity index (χ0v) is 35.9. The van der Waals surface area contributed by atoms with Crippen LogP contribution >= 0.6 is 0 Å². The van der Waals surface area contributed by atoms with Gasteiger partial charge in [-0.25, -0.2) is 39.3 Å². The molecular weight excluding hydrogens is 837 g/mol. The molecule has 18 heteroatoms. The number of carbonyl (C=O) groups is 2. The van der Waals surface area contributed by atoms with Crippen LogP contribution in [0.5, 0.6) is 23.3 Å². The van der Waals surface area contributed by atoms with Crippen LogP contribution in [-0.2, 0) is 9.59 Å². The molecule has 0 bridgehead atoms. The maximum atomic E-state index is 12.2. The number of ether oxygens (including phenoxy) is 2. The van der Waals surface area contributed by atoms with Crippen LogP contribution in [0.2, 0.25) is 0 Å². The summed E-state index contributed by atoms with van der Waals surface area (Å²) in [5.74, 6) is 13.2. The molecule has 18 nitrogen and oxygen atoms in total. The highest BCUT2D eigenvalue weighted by Crippen LogP contribution is 2.36. The minimum absolute atomic E-state index is 0.0354. The van der Waals surface area contributed by atoms with Crippen molar-refractivity contribution in [2.24, 2.45) is 0 Å². The Morgan fingerprint density at radius 2 is 1.00 bits per heavy atom. The van der Waals surface area contributed by atoms with Crippen LogP contribution in [0.15, 0.2) is 110 Å². The molecule has 8 aromatic rings. The number of nitrogen functional groups attached to an aromatic ring is 2. The van der Waals surface area contributed by atoms with Gasteiger partial charge >= 0.3 is 0 Å². The first-order valence-electron chi connectivity index (χ1n) is 21.1. The van der Waals surface area contributed by atoms with E-state index in [0.717, 1.165) is 24.0 Å². The lowest BCUT2D eigenvalue weighted by Crippen LogP contribution is -2.28. The van der Waals surface area contributed by atoms with Gasteiger partial charge in [0.2, 0.25) is 11.8 Å². The van der Waals surface area contributed by atoms with Crippen molar-refractivity contribution in [1.82, 2.24) is 59.3 Å². The minimum Gasteiger partial charge on any atom is -0.439 e. The summed E-state index contributed by atoms with van der Waals surface area (Å²) < 4.78 is 15.2. The summed E-state index contributed by atoms with van der Waals surface area (Å²) in [6, 6.07) is 26.2. The van der Waals surface area contributed by atoms with Crippen molar-refractivity contribution in [3.05, 3.63) is 110 Å². The van der Waals surface area contributed by atoms with E-state index in [0.29, 0.717) is 94.5 Å². The number of likely N-dealkylation sites (tertiary alicyclic amines) is 2. The van der Waals surface area contributed by atoms with Crippen LogP contribution in [-0.4, -0.2) is 97.3 Å². The minimum atomic E-state index is -0.177. The van der Waals surface area contributed by atoms with E-state index in [9.17, 15) is 9.59 Å². The number of fused-ring (bicyclic) bond motifs is 2. The molecular formula is C48H42N14O4. The van der Waals surface area contributed by atoms with Crippen LogP contribution in [0.4, 0.5) is 11.6 Å². The number of benzene rings is 2. The van der Waals surface area contributed by atoms with Gasteiger partial charge in [-0.2, -0.15) is 10.2 Å². The highest BCUT2D eigenvalue weighted by Gasteiger charge is 2.32. The third kappa shape index (κ3) is 8.84. The van der Waals surface area contributed by atoms with Gasteiger partial charge in [-0.3, -0.25) is 9.59 Å². The van der Waals surface area contributed by atoms with Gasteiger partial charge < -0.3 is 30.7 Å². The van der Waals surface area contributed by atoms with Crippen molar-refractivity contribution in [2.45, 2.75) is 38.8 Å². The van der Waals surface area contributed by atoms with E-state index in [2.05, 4.69) is 53.6 Å². The average molecular weight is 879 g/mol. The molecule has 4 N–H and O–H groups in total. The largest absolute Gasteiger partial charge is 0.439 e. The lowest BCUT2D eigenvalue weighted by atomic mass is 10.1. The second-order valence-electron chi connectivity index (χ2n) is 15.2. The molecule has 10 rings (SSSR count). The molecule has 0 radical (unpaired) electrons. The molecule has 0 spiro atoms. The van der Waals surface area contributed by atoms with Gasteiger partial charge in [0.05, 0.1) is 22.9 Å². The molecule has 8 heterocycles. The number of rotatable bonds is 8. The topological polar surface area (TPSA) is 224 Å². The number of pyridine rings is 2. The lowest BCUT2D eigenvalue weighted by Gasteiger charge is -2.14. The third-order valence-electron chi connectivity index (χ3n) is 11.0. The van der Waals surface area contributed by atoms with E-state index in [1.165, 1.54) is 12.7 Å². The first-order chi connectivity index (χ1) is 32.3. The van der Waals surface area contributed by atoms with E-state index >= 15 is 0 Å². The molecule has 0 aliphatic carbocycles. The Balaban J connectivity index is 0.000000166. The summed E-state index contributed by atoms with van der Waals surface area (Å²) in [6.07, 6.45) is 7.74. The van der Waals surface area contributed by atoms with Gasteiger partial charge in [0.25, 0.3) is 11.8 Å². The predicted molar refractivity (Wildman–Crippen MR) is 246 cm³/mol. The van der Waals surface area contributed by atoms with Crippen LogP contribution in [0.1, 0.15) is 38.8 Å². The van der Waals surface area contributed by atoms with Crippen molar-refractivity contribution in [3.8, 4) is 69.5 Å². The number of anilines is 2. The van der Waals surface area contributed by atoms with E-state index in [1.54, 1.807) is 48.2 Å². The molecule has 6 aromatic heterocycles. The van der Waals surface area contributed by atoms with Gasteiger partial charge in [0.1, 0.15) is 47.2 Å². The summed E-state index contributed by atoms with van der Waals surface area (Å²) >= 11 is 0. The summed E-state index contributed by atoms with van der Waals surface area (Å²) in [4.78, 5) is 53.9. The number of aromatic nitrogens is 10. The molecule has 2 atom stereocenters. The standard InChI is InChI=1S/2C24H21N7O2/c2*1-2-6-20(32)30-12-11-17(14-30)31-24-21(23(25)27-15-28-24)22(29-31)16-9-10-19(26-13-16)33-18-7-4-3-5-8-18/h2*3-5,7-10,13,15,17H,11-12,14H2,1H3,(H2,25,27,28)/t2*17-/m10/s1. The van der Waals surface area contributed by atoms with Gasteiger partial charge in [-0.05, 0) is 74.9 Å². The summed E-state index contributed by atoms with van der Waals surface area (Å²) in [5, 5.41) is 11.0. The van der Waals surface area contributed by atoms with Gasteiger partial charge in [0.15, 0.2) is 11.3 Å². The van der Waals surface area contributed by atoms with E-state index in [1.807, 2.05) is 82.2 Å². The van der Waals surface area contributed by atoms with Crippen molar-refractivity contribution in [2.75, 3.05) is 37.6 Å². The van der Waals surface area contributed by atoms with Gasteiger partial charge in [0, 0.05) is 61.8 Å². The highest BCUT2D eigenvalue weighted by atomic mass is 16.5. The molecule has 2 aliphatic rings. The fraction of sp³-hybridized carbons (Fsp3) is 0.208. The monoisotopic (exact) mass is 878 g/mol. The third-order valence-corrected chi connectivity index (χ3v) is 11.0. The first-order valence-corrected chi connectivity index (χ1v) is 21.1. The zero-order valence-electron chi connectivity index (χ0n) is 35.9. The molecule has 2 aromatic carbocycles. The molecule has 2 aliphatic heterocycles. The molecule has 2 saturated heterocycles. The number of amides is 2. The van der Waals surface area contributed by atoms with Crippen LogP contribution < -0.4 is 20.9 Å². The molecule has 0 saturated carbocycles. The molecule has 2 fully saturated rings. The van der Waals surface area contributed by atoms with Crippen molar-refractivity contribution >= 4 is 45.5 Å². The van der Waals surface area contributed by atoms with E-state index in [4.69, 9.17) is 31.1 Å². The van der Waals surface area contributed by atoms with Gasteiger partial charge in [-0.1, -0.05) is 48.2 Å². The SMILES string of the molecule is CC#CC(=O)N1CC[C@@H](n2nc(-c3ccc(Oc4ccccc4)nc3)c3c(N)ncnc32)C1.CC#CC(=O)N1CC[C@H](n2nc(-c3ccc(Oc4ccccc4)nc3)c3c(N)ncnc32)C1. The number of hydrogen-bond acceptors (Lipinski definition) is 14. The molecule has 66 heavy (non-hydrogen) atoms. The average Bonchev–Trinajstić information content (AvgIpc) is 4.17. The predicted octanol–water partition coefficient (Wildman–Crippen LogP) is 6.12. The molecule has 0 unspecified atom stereocenters. The van der Waals surface area contributed by atoms with Crippen molar-refractivity contribution in [3.63, 3.8) is 0 Å². The van der Waals surface area contributed by atoms with E-state index < -0.39 is 0 Å². The Kier molecular flexibility index (Phi) is 12.1. The lowest BCUT2D eigenvalue weighted by molar-refractivity contribution is -0.125. The Morgan fingerprint density at radius 3 is 1.38 bits per heavy atom. The normalized spacial score (nSPS) is 15.3. The Bertz CT molecular complexity index is 2960. The zero-order chi connectivity index (χ0) is 45.6. The van der Waals surface area contributed by atoms with Crippen molar-refractivity contribution in [1.29, 1.82) is 0 Å². The Morgan fingerprint density at radius 1 is 0.576 bits per heavy atom.